The molecule has 1 fully saturated rings. The lowest BCUT2D eigenvalue weighted by Crippen LogP contribution is -2.35. The third-order valence-electron chi connectivity index (χ3n) is 7.66. The van der Waals surface area contributed by atoms with Crippen molar-refractivity contribution >= 4 is 50.7 Å². The van der Waals surface area contributed by atoms with E-state index >= 15 is 0 Å². The number of carbonyl (C=O) groups is 1. The molecule has 200 valence electrons. The average Bonchev–Trinajstić information content (AvgIpc) is 3.53. The maximum absolute atomic E-state index is 13.1. The zero-order valence-corrected chi connectivity index (χ0v) is 23.3. The summed E-state index contributed by atoms with van der Waals surface area (Å²) in [6, 6.07) is 14.5. The Bertz CT molecular complexity index is 1540. The molecule has 3 heterocycles. The van der Waals surface area contributed by atoms with Crippen LogP contribution in [0.4, 0.5) is 0 Å². The highest BCUT2D eigenvalue weighted by Gasteiger charge is 2.38. The number of hydrogen-bond donors (Lipinski definition) is 1. The lowest BCUT2D eigenvalue weighted by atomic mass is 9.90. The number of nitrogens with zero attached hydrogens (tertiary/aromatic N) is 4. The third-order valence-corrected chi connectivity index (χ3v) is 8.73. The van der Waals surface area contributed by atoms with Crippen LogP contribution in [0.1, 0.15) is 55.7 Å². The van der Waals surface area contributed by atoms with E-state index in [4.69, 9.17) is 15.2 Å². The van der Waals surface area contributed by atoms with E-state index in [1.807, 2.05) is 24.4 Å². The van der Waals surface area contributed by atoms with Crippen LogP contribution < -0.4 is 4.74 Å². The normalized spacial score (nSPS) is 19.0. The van der Waals surface area contributed by atoms with Crippen molar-refractivity contribution in [2.45, 2.75) is 58.9 Å². The highest BCUT2D eigenvalue weighted by atomic mass is 32.2. The Morgan fingerprint density at radius 2 is 1.97 bits per heavy atom. The summed E-state index contributed by atoms with van der Waals surface area (Å²) in [7, 11) is 0. The molecule has 0 radical (unpaired) electrons. The second-order valence-electron chi connectivity index (χ2n) is 10.4. The Balaban J connectivity index is 1.24. The molecule has 1 amide bonds. The Morgan fingerprint density at radius 3 is 2.79 bits per heavy atom. The molecule has 2 aromatic carbocycles. The topological polar surface area (TPSA) is 83.0 Å². The highest BCUT2D eigenvalue weighted by molar-refractivity contribution is 8.27. The Kier molecular flexibility index (Phi) is 7.12. The zero-order valence-electron chi connectivity index (χ0n) is 22.4. The number of aliphatic imine (C=N–C) groups is 1. The molecule has 0 atom stereocenters. The SMILES string of the molecule is CCc1cc(C)cc(OCCn2cc(C=C3C(=N)N4N=C(C5CCCCC5)SC4=NC3=O)c3ccccc32)c1. The fraction of sp³-hybridized carbons (Fsp3) is 0.355. The number of fused-ring (bicyclic) bond motifs is 2. The lowest BCUT2D eigenvalue weighted by Gasteiger charge is -2.20. The number of ether oxygens (including phenoxy) is 1. The van der Waals surface area contributed by atoms with Gasteiger partial charge in [0.05, 0.1) is 12.1 Å². The molecule has 0 saturated heterocycles. The second kappa shape index (κ2) is 10.8. The van der Waals surface area contributed by atoms with Gasteiger partial charge in [-0.3, -0.25) is 10.2 Å². The number of rotatable bonds is 7. The molecular weight excluding hydrogens is 506 g/mol. The summed E-state index contributed by atoms with van der Waals surface area (Å²) in [4.78, 5) is 17.4. The fourth-order valence-electron chi connectivity index (χ4n) is 5.63. The minimum absolute atomic E-state index is 0.0923. The van der Waals surface area contributed by atoms with Gasteiger partial charge in [-0.25, -0.2) is 0 Å². The van der Waals surface area contributed by atoms with Crippen LogP contribution in [0.25, 0.3) is 17.0 Å². The van der Waals surface area contributed by atoms with Crippen molar-refractivity contribution in [1.82, 2.24) is 9.58 Å². The summed E-state index contributed by atoms with van der Waals surface area (Å²) in [5, 5.41) is 17.6. The largest absolute Gasteiger partial charge is 0.492 e. The van der Waals surface area contributed by atoms with Crippen LogP contribution in [-0.4, -0.2) is 38.1 Å². The van der Waals surface area contributed by atoms with Crippen molar-refractivity contribution in [3.63, 3.8) is 0 Å². The molecule has 1 aromatic heterocycles. The number of carbonyl (C=O) groups excluding carboxylic acids is 1. The van der Waals surface area contributed by atoms with Gasteiger partial charge in [0.25, 0.3) is 5.91 Å². The van der Waals surface area contributed by atoms with Gasteiger partial charge >= 0.3 is 0 Å². The van der Waals surface area contributed by atoms with E-state index in [0.29, 0.717) is 24.2 Å². The van der Waals surface area contributed by atoms with Gasteiger partial charge in [0.15, 0.2) is 5.84 Å². The number of hydrazone groups is 1. The number of amides is 1. The van der Waals surface area contributed by atoms with Crippen molar-refractivity contribution in [3.8, 4) is 5.75 Å². The van der Waals surface area contributed by atoms with E-state index in [9.17, 15) is 4.79 Å². The van der Waals surface area contributed by atoms with Crippen molar-refractivity contribution in [2.24, 2.45) is 16.0 Å². The molecule has 1 N–H and O–H groups in total. The maximum Gasteiger partial charge on any atom is 0.283 e. The number of benzene rings is 2. The van der Waals surface area contributed by atoms with E-state index in [1.165, 1.54) is 42.2 Å². The van der Waals surface area contributed by atoms with Gasteiger partial charge in [0.2, 0.25) is 5.17 Å². The van der Waals surface area contributed by atoms with Crippen molar-refractivity contribution in [3.05, 3.63) is 70.9 Å². The first-order valence-corrected chi connectivity index (χ1v) is 14.6. The predicted molar refractivity (Wildman–Crippen MR) is 160 cm³/mol. The van der Waals surface area contributed by atoms with Gasteiger partial charge in [-0.1, -0.05) is 50.5 Å². The van der Waals surface area contributed by atoms with Gasteiger partial charge < -0.3 is 9.30 Å². The predicted octanol–water partition coefficient (Wildman–Crippen LogP) is 6.79. The molecule has 2 aliphatic heterocycles. The van der Waals surface area contributed by atoms with Crippen molar-refractivity contribution < 1.29 is 9.53 Å². The molecule has 3 aromatic rings. The first-order valence-electron chi connectivity index (χ1n) is 13.8. The highest BCUT2D eigenvalue weighted by Crippen LogP contribution is 2.36. The quantitative estimate of drug-likeness (QED) is 0.335. The van der Waals surface area contributed by atoms with Crippen LogP contribution in [0, 0.1) is 18.3 Å². The van der Waals surface area contributed by atoms with Gasteiger partial charge in [0, 0.05) is 28.6 Å². The van der Waals surface area contributed by atoms with Gasteiger partial charge in [-0.15, -0.1) is 0 Å². The van der Waals surface area contributed by atoms with E-state index in [2.05, 4.69) is 47.7 Å². The summed E-state index contributed by atoms with van der Waals surface area (Å²) in [5.41, 5.74) is 4.66. The zero-order chi connectivity index (χ0) is 26.9. The number of para-hydroxylation sites is 1. The van der Waals surface area contributed by atoms with E-state index in [-0.39, 0.29) is 17.3 Å². The van der Waals surface area contributed by atoms with Crippen LogP contribution in [0.3, 0.4) is 0 Å². The minimum Gasteiger partial charge on any atom is -0.492 e. The smallest absolute Gasteiger partial charge is 0.283 e. The van der Waals surface area contributed by atoms with Crippen LogP contribution in [0.2, 0.25) is 0 Å². The first kappa shape index (κ1) is 25.6. The average molecular weight is 540 g/mol. The molecule has 0 unspecified atom stereocenters. The first-order chi connectivity index (χ1) is 19.0. The molecule has 3 aliphatic rings. The summed E-state index contributed by atoms with van der Waals surface area (Å²) in [6.45, 7) is 5.41. The summed E-state index contributed by atoms with van der Waals surface area (Å²) in [6.07, 6.45) is 10.7. The van der Waals surface area contributed by atoms with Crippen molar-refractivity contribution in [2.75, 3.05) is 6.61 Å². The molecule has 0 spiro atoms. The molecule has 8 heteroatoms. The number of aromatic nitrogens is 1. The second-order valence-corrected chi connectivity index (χ2v) is 11.4. The van der Waals surface area contributed by atoms with E-state index < -0.39 is 0 Å². The number of nitrogens with one attached hydrogen (secondary N) is 1. The molecule has 6 rings (SSSR count). The molecule has 7 nitrogen and oxygen atoms in total. The maximum atomic E-state index is 13.1. The molecule has 39 heavy (non-hydrogen) atoms. The standard InChI is InChI=1S/C31H33N5O2S/c1-3-21-15-20(2)16-24(17-21)38-14-13-35-19-23(25-11-7-8-12-27(25)35)18-26-28(32)36-31(33-29(26)37)39-30(34-36)22-9-5-4-6-10-22/h7-8,11-12,15-19,22,32H,3-6,9-10,13-14H2,1-2H3. The minimum atomic E-state index is -0.384. The molecule has 1 saturated carbocycles. The summed E-state index contributed by atoms with van der Waals surface area (Å²) >= 11 is 1.45. The summed E-state index contributed by atoms with van der Waals surface area (Å²) in [5.74, 6) is 0.998. The van der Waals surface area contributed by atoms with Gasteiger partial charge in [0.1, 0.15) is 17.4 Å². The van der Waals surface area contributed by atoms with Crippen LogP contribution in [0.15, 0.2) is 64.3 Å². The van der Waals surface area contributed by atoms with Crippen LogP contribution >= 0.6 is 11.8 Å². The van der Waals surface area contributed by atoms with Crippen LogP contribution in [-0.2, 0) is 17.8 Å². The summed E-state index contributed by atoms with van der Waals surface area (Å²) < 4.78 is 8.26. The number of aryl methyl sites for hydroxylation is 2. The van der Waals surface area contributed by atoms with E-state index in [0.717, 1.165) is 46.5 Å². The van der Waals surface area contributed by atoms with Gasteiger partial charge in [-0.2, -0.15) is 15.1 Å². The molecule has 1 aliphatic carbocycles. The Morgan fingerprint density at radius 1 is 1.15 bits per heavy atom. The number of hydrogen-bond acceptors (Lipinski definition) is 5. The molecular formula is C31H33N5O2S. The monoisotopic (exact) mass is 539 g/mol. The lowest BCUT2D eigenvalue weighted by molar-refractivity contribution is -0.114. The Labute approximate surface area is 233 Å². The Hall–Kier alpha value is -3.65. The fourth-order valence-corrected chi connectivity index (χ4v) is 6.69. The molecule has 0 bridgehead atoms. The number of amidine groups is 2. The van der Waals surface area contributed by atoms with Crippen molar-refractivity contribution in [1.29, 1.82) is 5.41 Å². The third kappa shape index (κ3) is 5.17. The van der Waals surface area contributed by atoms with Crippen LogP contribution in [0.5, 0.6) is 5.75 Å². The van der Waals surface area contributed by atoms with Gasteiger partial charge in [-0.05, 0) is 73.4 Å². The van der Waals surface area contributed by atoms with E-state index in [1.54, 1.807) is 11.1 Å². The number of thioether (sulfide) groups is 1.